The maximum absolute atomic E-state index is 12.8. The number of halogens is 2. The third-order valence-electron chi connectivity index (χ3n) is 1.99. The highest BCUT2D eigenvalue weighted by Crippen LogP contribution is 2.17. The molecule has 0 aromatic heterocycles. The second kappa shape index (κ2) is 4.84. The molecule has 1 aromatic carbocycles. The number of rotatable bonds is 3. The Labute approximate surface area is 85.8 Å². The Balaban J connectivity index is 2.78. The monoisotopic (exact) mass is 215 g/mol. The smallest absolute Gasteiger partial charge is 0.307 e. The molecule has 0 fully saturated rings. The quantitative estimate of drug-likeness (QED) is 0.778. The normalized spacial score (nSPS) is 12.3. The van der Waals surface area contributed by atoms with Crippen molar-refractivity contribution in [1.82, 2.24) is 0 Å². The first-order valence-electron chi connectivity index (χ1n) is 4.32. The molecule has 0 aliphatic heterocycles. The Morgan fingerprint density at radius 2 is 2.13 bits per heavy atom. The summed E-state index contributed by atoms with van der Waals surface area (Å²) in [6.45, 7) is 0. The van der Waals surface area contributed by atoms with Gasteiger partial charge in [0.15, 0.2) is 11.6 Å². The van der Waals surface area contributed by atoms with Gasteiger partial charge in [-0.05, 0) is 17.7 Å². The molecule has 5 heteroatoms. The topological polar surface area (TPSA) is 52.3 Å². The zero-order valence-electron chi connectivity index (χ0n) is 8.17. The van der Waals surface area contributed by atoms with Gasteiger partial charge in [-0.3, -0.25) is 4.79 Å². The van der Waals surface area contributed by atoms with E-state index in [4.69, 9.17) is 5.73 Å². The van der Waals surface area contributed by atoms with Crippen LogP contribution < -0.4 is 5.73 Å². The van der Waals surface area contributed by atoms with Crippen LogP contribution in [0.15, 0.2) is 18.2 Å². The lowest BCUT2D eigenvalue weighted by molar-refractivity contribution is -0.141. The summed E-state index contributed by atoms with van der Waals surface area (Å²) >= 11 is 0. The Bertz CT molecular complexity index is 368. The van der Waals surface area contributed by atoms with Crippen molar-refractivity contribution in [1.29, 1.82) is 0 Å². The van der Waals surface area contributed by atoms with E-state index in [-0.39, 0.29) is 6.42 Å². The van der Waals surface area contributed by atoms with E-state index in [1.54, 1.807) is 0 Å². The van der Waals surface area contributed by atoms with Crippen LogP contribution in [0.3, 0.4) is 0 Å². The van der Waals surface area contributed by atoms with Gasteiger partial charge in [-0.2, -0.15) is 0 Å². The number of esters is 1. The van der Waals surface area contributed by atoms with E-state index < -0.39 is 23.6 Å². The Morgan fingerprint density at radius 3 is 2.67 bits per heavy atom. The van der Waals surface area contributed by atoms with Crippen molar-refractivity contribution < 1.29 is 18.3 Å². The van der Waals surface area contributed by atoms with Crippen molar-refractivity contribution in [3.63, 3.8) is 0 Å². The fraction of sp³-hybridized carbons (Fsp3) is 0.300. The minimum Gasteiger partial charge on any atom is -0.469 e. The van der Waals surface area contributed by atoms with Gasteiger partial charge in [0.1, 0.15) is 0 Å². The molecule has 15 heavy (non-hydrogen) atoms. The summed E-state index contributed by atoms with van der Waals surface area (Å²) in [6, 6.07) is 2.60. The minimum atomic E-state index is -0.979. The van der Waals surface area contributed by atoms with Crippen LogP contribution >= 0.6 is 0 Å². The van der Waals surface area contributed by atoms with Crippen molar-refractivity contribution in [2.45, 2.75) is 12.5 Å². The van der Waals surface area contributed by atoms with E-state index in [1.807, 2.05) is 0 Å². The van der Waals surface area contributed by atoms with E-state index in [2.05, 4.69) is 4.74 Å². The molecule has 0 amide bonds. The summed E-state index contributed by atoms with van der Waals surface area (Å²) in [7, 11) is 1.24. The van der Waals surface area contributed by atoms with Gasteiger partial charge < -0.3 is 10.5 Å². The second-order valence-electron chi connectivity index (χ2n) is 3.06. The SMILES string of the molecule is COC(=O)C[C@H](N)c1ccc(F)c(F)c1. The van der Waals surface area contributed by atoms with Gasteiger partial charge >= 0.3 is 5.97 Å². The molecule has 0 aliphatic carbocycles. The molecule has 2 N–H and O–H groups in total. The number of carbonyl (C=O) groups is 1. The largest absolute Gasteiger partial charge is 0.469 e. The molecule has 0 unspecified atom stereocenters. The molecule has 1 atom stereocenters. The maximum atomic E-state index is 12.8. The van der Waals surface area contributed by atoms with Gasteiger partial charge in [-0.1, -0.05) is 6.07 Å². The maximum Gasteiger partial charge on any atom is 0.307 e. The molecule has 0 radical (unpaired) electrons. The third-order valence-corrected chi connectivity index (χ3v) is 1.99. The highest BCUT2D eigenvalue weighted by Gasteiger charge is 2.13. The predicted octanol–water partition coefficient (Wildman–Crippen LogP) is 1.53. The van der Waals surface area contributed by atoms with E-state index in [1.165, 1.54) is 13.2 Å². The number of ether oxygens (including phenoxy) is 1. The van der Waals surface area contributed by atoms with E-state index in [0.29, 0.717) is 5.56 Å². The average Bonchev–Trinajstić information content (AvgIpc) is 2.21. The molecule has 0 bridgehead atoms. The van der Waals surface area contributed by atoms with Crippen LogP contribution in [0.4, 0.5) is 8.78 Å². The first-order chi connectivity index (χ1) is 7.04. The molecular formula is C10H11F2NO2. The first kappa shape index (κ1) is 11.6. The molecule has 0 saturated heterocycles. The first-order valence-corrected chi connectivity index (χ1v) is 4.32. The average molecular weight is 215 g/mol. The van der Waals surface area contributed by atoms with Crippen LogP contribution in [-0.2, 0) is 9.53 Å². The van der Waals surface area contributed by atoms with E-state index in [9.17, 15) is 13.6 Å². The van der Waals surface area contributed by atoms with Gasteiger partial charge in [0.05, 0.1) is 13.5 Å². The highest BCUT2D eigenvalue weighted by molar-refractivity contribution is 5.70. The molecule has 1 aromatic rings. The van der Waals surface area contributed by atoms with Crippen LogP contribution in [-0.4, -0.2) is 13.1 Å². The lowest BCUT2D eigenvalue weighted by Crippen LogP contribution is -2.16. The van der Waals surface area contributed by atoms with Gasteiger partial charge in [-0.25, -0.2) is 8.78 Å². The van der Waals surface area contributed by atoms with E-state index >= 15 is 0 Å². The van der Waals surface area contributed by atoms with Crippen LogP contribution in [0.1, 0.15) is 18.0 Å². The second-order valence-corrected chi connectivity index (χ2v) is 3.06. The van der Waals surface area contributed by atoms with Crippen molar-refractivity contribution in [3.8, 4) is 0 Å². The van der Waals surface area contributed by atoms with Crippen LogP contribution in [0.2, 0.25) is 0 Å². The van der Waals surface area contributed by atoms with Gasteiger partial charge in [-0.15, -0.1) is 0 Å². The molecule has 0 saturated carbocycles. The fourth-order valence-corrected chi connectivity index (χ4v) is 1.12. The van der Waals surface area contributed by atoms with Crippen molar-refractivity contribution in [2.75, 3.05) is 7.11 Å². The van der Waals surface area contributed by atoms with Crippen molar-refractivity contribution >= 4 is 5.97 Å². The summed E-state index contributed by atoms with van der Waals surface area (Å²) < 4.78 is 29.8. The van der Waals surface area contributed by atoms with Crippen LogP contribution in [0.5, 0.6) is 0 Å². The fourth-order valence-electron chi connectivity index (χ4n) is 1.12. The standard InChI is InChI=1S/C10H11F2NO2/c1-15-10(14)5-9(13)6-2-3-7(11)8(12)4-6/h2-4,9H,5,13H2,1H3/t9-/m0/s1. The van der Waals surface area contributed by atoms with Gasteiger partial charge in [0.25, 0.3) is 0 Å². The molecule has 82 valence electrons. The van der Waals surface area contributed by atoms with Crippen LogP contribution in [0.25, 0.3) is 0 Å². The molecule has 0 heterocycles. The Kier molecular flexibility index (Phi) is 3.74. The molecule has 1 rings (SSSR count). The van der Waals surface area contributed by atoms with Gasteiger partial charge in [0, 0.05) is 6.04 Å². The van der Waals surface area contributed by atoms with E-state index in [0.717, 1.165) is 12.1 Å². The summed E-state index contributed by atoms with van der Waals surface area (Å²) in [5, 5.41) is 0. The number of nitrogens with two attached hydrogens (primary N) is 1. The van der Waals surface area contributed by atoms with Gasteiger partial charge in [0.2, 0.25) is 0 Å². The molecule has 3 nitrogen and oxygen atoms in total. The minimum absolute atomic E-state index is 0.0679. The number of benzene rings is 1. The third kappa shape index (κ3) is 2.99. The summed E-state index contributed by atoms with van der Waals surface area (Å²) in [6.07, 6.45) is -0.0679. The summed E-state index contributed by atoms with van der Waals surface area (Å²) in [4.78, 5) is 10.9. The lowest BCUT2D eigenvalue weighted by atomic mass is 10.0. The number of hydrogen-bond acceptors (Lipinski definition) is 3. The summed E-state index contributed by atoms with van der Waals surface area (Å²) in [5.41, 5.74) is 5.96. The molecule has 0 aliphatic rings. The van der Waals surface area contributed by atoms with Crippen LogP contribution in [0, 0.1) is 11.6 Å². The zero-order valence-corrected chi connectivity index (χ0v) is 8.17. The zero-order chi connectivity index (χ0) is 11.4. The number of methoxy groups -OCH3 is 1. The molecule has 0 spiro atoms. The molecular weight excluding hydrogens is 204 g/mol. The van der Waals surface area contributed by atoms with Crippen molar-refractivity contribution in [3.05, 3.63) is 35.4 Å². The number of carbonyl (C=O) groups excluding carboxylic acids is 1. The predicted molar refractivity (Wildman–Crippen MR) is 49.9 cm³/mol. The Hall–Kier alpha value is -1.49. The van der Waals surface area contributed by atoms with Crippen molar-refractivity contribution in [2.24, 2.45) is 5.73 Å². The lowest BCUT2D eigenvalue weighted by Gasteiger charge is -2.10. The highest BCUT2D eigenvalue weighted by atomic mass is 19.2. The summed E-state index contributed by atoms with van der Waals surface area (Å²) in [5.74, 6) is -2.41. The number of hydrogen-bond donors (Lipinski definition) is 1. The Morgan fingerprint density at radius 1 is 1.47 bits per heavy atom.